The molecule has 0 bridgehead atoms. The maximum atomic E-state index is 12.4. The molecule has 0 unspecified atom stereocenters. The van der Waals surface area contributed by atoms with Gasteiger partial charge in [-0.2, -0.15) is 13.7 Å². The van der Waals surface area contributed by atoms with Crippen LogP contribution in [-0.4, -0.2) is 18.8 Å². The van der Waals surface area contributed by atoms with Crippen molar-refractivity contribution >= 4 is 31.9 Å². The molecule has 2 aromatic carbocycles. The number of rotatable bonds is 5. The van der Waals surface area contributed by atoms with E-state index in [0.29, 0.717) is 5.56 Å². The van der Waals surface area contributed by atoms with E-state index in [1.165, 1.54) is 30.3 Å². The third-order valence-corrected chi connectivity index (χ3v) is 4.89. The van der Waals surface area contributed by atoms with Crippen LogP contribution in [0.4, 0.5) is 0 Å². The molecule has 0 aliphatic heterocycles. The maximum absolute atomic E-state index is 12.4. The summed E-state index contributed by atoms with van der Waals surface area (Å²) in [4.78, 5) is 16.6. The fourth-order valence-corrected chi connectivity index (χ4v) is 3.09. The third kappa shape index (κ3) is 4.16. The number of amides is 1. The van der Waals surface area contributed by atoms with Gasteiger partial charge in [-0.05, 0) is 29.8 Å². The topological polar surface area (TPSA) is 87.5 Å². The summed E-state index contributed by atoms with van der Waals surface area (Å²) in [5.74, 6) is -1.31. The Hall–Kier alpha value is -2.21. The lowest BCUT2D eigenvalue weighted by Gasteiger charge is -2.18. The second-order valence-electron chi connectivity index (χ2n) is 4.36. The molecule has 2 aromatic rings. The van der Waals surface area contributed by atoms with Crippen LogP contribution in [-0.2, 0) is 26.3 Å². The highest BCUT2D eigenvalue weighted by Crippen LogP contribution is 2.18. The highest BCUT2D eigenvalue weighted by molar-refractivity contribution is 9.10. The van der Waals surface area contributed by atoms with E-state index in [-0.39, 0.29) is 16.0 Å². The lowest BCUT2D eigenvalue weighted by atomic mass is 10.2. The van der Waals surface area contributed by atoms with E-state index in [4.69, 9.17) is 10.1 Å². The van der Waals surface area contributed by atoms with Gasteiger partial charge in [-0.25, -0.2) is 0 Å². The number of hydrogen-bond donors (Lipinski definition) is 0. The number of carbonyl (C=O) groups excluding carboxylic acids is 1. The molecule has 0 saturated heterocycles. The zero-order valence-electron chi connectivity index (χ0n) is 11.7. The zero-order chi connectivity index (χ0) is 16.9. The summed E-state index contributed by atoms with van der Waals surface area (Å²) in [5.41, 5.74) is 0.646. The molecule has 6 nitrogen and oxygen atoms in total. The largest absolute Gasteiger partial charge is 0.363 e. The number of halogens is 1. The SMILES string of the molecule is N#CC(=O)N(OCc1ccc(Br)cc1)S(=O)(=O)c1ccccc1. The first-order valence-corrected chi connectivity index (χ1v) is 8.60. The summed E-state index contributed by atoms with van der Waals surface area (Å²) in [7, 11) is -4.26. The van der Waals surface area contributed by atoms with Crippen LogP contribution in [0.2, 0.25) is 0 Å². The number of carbonyl (C=O) groups is 1. The first kappa shape index (κ1) is 17.1. The smallest absolute Gasteiger partial charge is 0.253 e. The van der Waals surface area contributed by atoms with Gasteiger partial charge in [-0.3, -0.25) is 9.63 Å². The maximum Gasteiger partial charge on any atom is 0.363 e. The van der Waals surface area contributed by atoms with Crippen molar-refractivity contribution in [3.8, 4) is 6.07 Å². The van der Waals surface area contributed by atoms with Gasteiger partial charge in [0, 0.05) is 4.47 Å². The van der Waals surface area contributed by atoms with Crippen LogP contribution in [0.3, 0.4) is 0 Å². The molecule has 1 amide bonds. The van der Waals surface area contributed by atoms with Crippen molar-refractivity contribution < 1.29 is 18.0 Å². The van der Waals surface area contributed by atoms with Crippen LogP contribution >= 0.6 is 15.9 Å². The van der Waals surface area contributed by atoms with E-state index in [9.17, 15) is 13.2 Å². The predicted octanol–water partition coefficient (Wildman–Crippen LogP) is 2.62. The van der Waals surface area contributed by atoms with E-state index in [0.717, 1.165) is 4.47 Å². The molecule has 0 heterocycles. The molecule has 0 aromatic heterocycles. The Morgan fingerprint density at radius 2 is 1.74 bits per heavy atom. The van der Waals surface area contributed by atoms with Crippen molar-refractivity contribution in [1.29, 1.82) is 5.26 Å². The van der Waals surface area contributed by atoms with Gasteiger partial charge in [0.15, 0.2) is 6.07 Å². The molecule has 0 saturated carbocycles. The van der Waals surface area contributed by atoms with Gasteiger partial charge in [0.05, 0.1) is 4.90 Å². The second kappa shape index (κ2) is 7.37. The summed E-state index contributed by atoms with van der Waals surface area (Å²) < 4.78 is 25.8. The summed E-state index contributed by atoms with van der Waals surface area (Å²) in [6, 6.07) is 15.5. The molecule has 0 atom stereocenters. The number of benzene rings is 2. The standard InChI is InChI=1S/C15H11BrN2O4S/c16-13-8-6-12(7-9-13)11-22-18(15(19)10-17)23(20,21)14-4-2-1-3-5-14/h1-9H,11H2. The van der Waals surface area contributed by atoms with Crippen molar-refractivity contribution in [3.63, 3.8) is 0 Å². The lowest BCUT2D eigenvalue weighted by Crippen LogP contribution is -2.36. The zero-order valence-corrected chi connectivity index (χ0v) is 14.1. The minimum Gasteiger partial charge on any atom is -0.253 e. The molecule has 0 fully saturated rings. The van der Waals surface area contributed by atoms with Gasteiger partial charge < -0.3 is 0 Å². The number of hydroxylamine groups is 1. The Balaban J connectivity index is 2.26. The average Bonchev–Trinajstić information content (AvgIpc) is 2.57. The molecule has 0 radical (unpaired) electrons. The number of hydrogen-bond acceptors (Lipinski definition) is 5. The molecule has 0 aliphatic rings. The average molecular weight is 395 g/mol. The van der Waals surface area contributed by atoms with E-state index in [1.807, 2.05) is 0 Å². The fraction of sp³-hybridized carbons (Fsp3) is 0.0667. The highest BCUT2D eigenvalue weighted by atomic mass is 79.9. The summed E-state index contributed by atoms with van der Waals surface area (Å²) in [5, 5.41) is 8.76. The monoisotopic (exact) mass is 394 g/mol. The van der Waals surface area contributed by atoms with Crippen LogP contribution < -0.4 is 0 Å². The molecule has 0 N–H and O–H groups in total. The lowest BCUT2D eigenvalue weighted by molar-refractivity contribution is -0.154. The van der Waals surface area contributed by atoms with Crippen LogP contribution in [0.1, 0.15) is 5.56 Å². The number of sulfonamides is 1. The molecule has 23 heavy (non-hydrogen) atoms. The van der Waals surface area contributed by atoms with Crippen molar-refractivity contribution in [3.05, 3.63) is 64.6 Å². The quantitative estimate of drug-likeness (QED) is 0.574. The van der Waals surface area contributed by atoms with E-state index in [1.54, 1.807) is 30.3 Å². The van der Waals surface area contributed by atoms with Crippen LogP contribution in [0.25, 0.3) is 0 Å². The Kier molecular flexibility index (Phi) is 5.50. The first-order chi connectivity index (χ1) is 10.9. The molecule has 8 heteroatoms. The molecule has 0 spiro atoms. The van der Waals surface area contributed by atoms with Gasteiger partial charge in [0.2, 0.25) is 0 Å². The molecular weight excluding hydrogens is 384 g/mol. The molecule has 0 aliphatic carbocycles. The predicted molar refractivity (Wildman–Crippen MR) is 85.0 cm³/mol. The normalized spacial score (nSPS) is 10.8. The summed E-state index contributed by atoms with van der Waals surface area (Å²) in [6.45, 7) is -0.174. The van der Waals surface area contributed by atoms with Gasteiger partial charge in [-0.1, -0.05) is 50.7 Å². The summed E-state index contributed by atoms with van der Waals surface area (Å²) in [6.07, 6.45) is 0. The van der Waals surface area contributed by atoms with E-state index >= 15 is 0 Å². The number of nitrogens with zero attached hydrogens (tertiary/aromatic N) is 2. The molecular formula is C15H11BrN2O4S. The van der Waals surface area contributed by atoms with Crippen LogP contribution in [0.15, 0.2) is 64.0 Å². The fourth-order valence-electron chi connectivity index (χ4n) is 1.68. The van der Waals surface area contributed by atoms with Gasteiger partial charge in [0.25, 0.3) is 10.0 Å². The van der Waals surface area contributed by atoms with Crippen LogP contribution in [0.5, 0.6) is 0 Å². The Morgan fingerprint density at radius 3 is 2.30 bits per heavy atom. The van der Waals surface area contributed by atoms with Crippen molar-refractivity contribution in [2.45, 2.75) is 11.5 Å². The third-order valence-electron chi connectivity index (χ3n) is 2.78. The molecule has 118 valence electrons. The minimum atomic E-state index is -4.26. The first-order valence-electron chi connectivity index (χ1n) is 6.37. The Labute approximate surface area is 142 Å². The van der Waals surface area contributed by atoms with Crippen molar-refractivity contribution in [1.82, 2.24) is 4.47 Å². The van der Waals surface area contributed by atoms with Crippen molar-refractivity contribution in [2.24, 2.45) is 0 Å². The Morgan fingerprint density at radius 1 is 1.13 bits per heavy atom. The highest BCUT2D eigenvalue weighted by Gasteiger charge is 2.30. The Bertz CT molecular complexity index is 830. The minimum absolute atomic E-state index is 0.115. The van der Waals surface area contributed by atoms with E-state index in [2.05, 4.69) is 15.9 Å². The van der Waals surface area contributed by atoms with E-state index < -0.39 is 15.9 Å². The van der Waals surface area contributed by atoms with Crippen molar-refractivity contribution in [2.75, 3.05) is 0 Å². The van der Waals surface area contributed by atoms with Gasteiger partial charge in [-0.15, -0.1) is 0 Å². The molecule has 2 rings (SSSR count). The number of nitriles is 1. The van der Waals surface area contributed by atoms with Gasteiger partial charge in [0.1, 0.15) is 6.61 Å². The van der Waals surface area contributed by atoms with Gasteiger partial charge >= 0.3 is 5.91 Å². The summed E-state index contributed by atoms with van der Waals surface area (Å²) >= 11 is 3.28. The second-order valence-corrected chi connectivity index (χ2v) is 7.03. The van der Waals surface area contributed by atoms with Crippen LogP contribution in [0, 0.1) is 11.3 Å².